The molecule has 0 bridgehead atoms. The number of non-ortho nitro benzene ring substituents is 1. The van der Waals surface area contributed by atoms with Gasteiger partial charge in [-0.05, 0) is 58.3 Å². The van der Waals surface area contributed by atoms with Gasteiger partial charge in [-0.15, -0.1) is 0 Å². The topological polar surface area (TPSA) is 100 Å². The molecule has 2 aromatic rings. The number of nitro benzene ring substituents is 1. The third-order valence-corrected chi connectivity index (χ3v) is 4.84. The minimum absolute atomic E-state index is 0.0218. The molecule has 30 heavy (non-hydrogen) atoms. The van der Waals surface area contributed by atoms with Gasteiger partial charge in [-0.2, -0.15) is 0 Å². The van der Waals surface area contributed by atoms with Crippen molar-refractivity contribution in [3.8, 4) is 11.5 Å². The Morgan fingerprint density at radius 2 is 2.07 bits per heavy atom. The Kier molecular flexibility index (Phi) is 6.70. The molecule has 156 valence electrons. The van der Waals surface area contributed by atoms with E-state index in [0.717, 1.165) is 3.57 Å². The van der Waals surface area contributed by atoms with Gasteiger partial charge < -0.3 is 14.2 Å². The standard InChI is InChI=1S/C21H19IN2O6/c1-12(2)11-29-19-16(22)7-13(9-18(19)28-3)8-17-21(25)30-20(23-17)14-5-4-6-15(10-14)24(26)27/h4-10,12H,11H2,1-3H3/b17-8-. The van der Waals surface area contributed by atoms with Crippen LogP contribution in [0.5, 0.6) is 11.5 Å². The molecule has 0 spiro atoms. The summed E-state index contributed by atoms with van der Waals surface area (Å²) in [4.78, 5) is 26.9. The number of carbonyl (C=O) groups excluding carboxylic acids is 1. The van der Waals surface area contributed by atoms with Crippen molar-refractivity contribution in [1.29, 1.82) is 0 Å². The van der Waals surface area contributed by atoms with Crippen LogP contribution in [0, 0.1) is 19.6 Å². The zero-order valence-electron chi connectivity index (χ0n) is 16.5. The molecular weight excluding hydrogens is 503 g/mol. The number of nitrogens with zero attached hydrogens (tertiary/aromatic N) is 2. The van der Waals surface area contributed by atoms with Crippen LogP contribution >= 0.6 is 22.6 Å². The van der Waals surface area contributed by atoms with Crippen molar-refractivity contribution in [3.63, 3.8) is 0 Å². The average molecular weight is 522 g/mol. The molecule has 0 fully saturated rings. The molecule has 0 amide bonds. The SMILES string of the molecule is COc1cc(/C=C2\N=C(c3cccc([N+](=O)[O-])c3)OC2=O)cc(I)c1OCC(C)C. The van der Waals surface area contributed by atoms with Gasteiger partial charge in [0.15, 0.2) is 17.2 Å². The Labute approximate surface area is 186 Å². The molecule has 0 aliphatic carbocycles. The first-order valence-electron chi connectivity index (χ1n) is 9.06. The molecular formula is C21H19IN2O6. The summed E-state index contributed by atoms with van der Waals surface area (Å²) in [6.07, 6.45) is 1.57. The molecule has 0 radical (unpaired) electrons. The van der Waals surface area contributed by atoms with Crippen molar-refractivity contribution < 1.29 is 23.9 Å². The zero-order valence-corrected chi connectivity index (χ0v) is 18.7. The minimum atomic E-state index is -0.634. The highest BCUT2D eigenvalue weighted by Gasteiger charge is 2.25. The summed E-state index contributed by atoms with van der Waals surface area (Å²) in [6.45, 7) is 4.66. The molecule has 2 aromatic carbocycles. The van der Waals surface area contributed by atoms with Gasteiger partial charge in [0.05, 0.1) is 22.2 Å². The highest BCUT2D eigenvalue weighted by molar-refractivity contribution is 14.1. The first-order valence-corrected chi connectivity index (χ1v) is 10.1. The van der Waals surface area contributed by atoms with E-state index < -0.39 is 10.9 Å². The van der Waals surface area contributed by atoms with Crippen LogP contribution in [0.15, 0.2) is 47.1 Å². The molecule has 9 heteroatoms. The summed E-state index contributed by atoms with van der Waals surface area (Å²) in [6, 6.07) is 9.36. The molecule has 3 rings (SSSR count). The number of benzene rings is 2. The highest BCUT2D eigenvalue weighted by Crippen LogP contribution is 2.35. The lowest BCUT2D eigenvalue weighted by molar-refractivity contribution is -0.384. The summed E-state index contributed by atoms with van der Waals surface area (Å²) >= 11 is 2.15. The first kappa shape index (κ1) is 21.8. The van der Waals surface area contributed by atoms with Gasteiger partial charge in [0.2, 0.25) is 5.90 Å². The lowest BCUT2D eigenvalue weighted by Crippen LogP contribution is -2.07. The second kappa shape index (κ2) is 9.24. The molecule has 1 aliphatic heterocycles. The van der Waals surface area contributed by atoms with E-state index in [9.17, 15) is 14.9 Å². The molecule has 0 N–H and O–H groups in total. The molecule has 0 atom stereocenters. The monoisotopic (exact) mass is 522 g/mol. The van der Waals surface area contributed by atoms with E-state index in [1.54, 1.807) is 25.3 Å². The number of hydrogen-bond acceptors (Lipinski definition) is 7. The van der Waals surface area contributed by atoms with Crippen LogP contribution in [0.2, 0.25) is 0 Å². The third kappa shape index (κ3) is 4.96. The largest absolute Gasteiger partial charge is 0.493 e. The molecule has 0 aromatic heterocycles. The fraction of sp³-hybridized carbons (Fsp3) is 0.238. The summed E-state index contributed by atoms with van der Waals surface area (Å²) < 4.78 is 17.3. The quantitative estimate of drug-likeness (QED) is 0.174. The second-order valence-corrected chi connectivity index (χ2v) is 8.04. The normalized spacial score (nSPS) is 14.6. The fourth-order valence-corrected chi connectivity index (χ4v) is 3.44. The van der Waals surface area contributed by atoms with Crippen LogP contribution in [0.3, 0.4) is 0 Å². The molecule has 0 saturated heterocycles. The number of aliphatic imine (C=N–C) groups is 1. The average Bonchev–Trinajstić information content (AvgIpc) is 3.07. The van der Waals surface area contributed by atoms with E-state index in [4.69, 9.17) is 14.2 Å². The fourth-order valence-electron chi connectivity index (χ4n) is 2.66. The van der Waals surface area contributed by atoms with E-state index in [-0.39, 0.29) is 17.3 Å². The smallest absolute Gasteiger partial charge is 0.363 e. The minimum Gasteiger partial charge on any atom is -0.493 e. The number of esters is 1. The van der Waals surface area contributed by atoms with Gasteiger partial charge >= 0.3 is 5.97 Å². The maximum absolute atomic E-state index is 12.3. The number of carbonyl (C=O) groups is 1. The summed E-state index contributed by atoms with van der Waals surface area (Å²) in [5.41, 5.74) is 1.01. The number of hydrogen-bond donors (Lipinski definition) is 0. The van der Waals surface area contributed by atoms with Crippen molar-refractivity contribution in [2.24, 2.45) is 10.9 Å². The van der Waals surface area contributed by atoms with Crippen molar-refractivity contribution >= 4 is 46.2 Å². The van der Waals surface area contributed by atoms with Gasteiger partial charge in [-0.1, -0.05) is 19.9 Å². The number of methoxy groups -OCH3 is 1. The van der Waals surface area contributed by atoms with Crippen LogP contribution in [-0.4, -0.2) is 30.5 Å². The zero-order chi connectivity index (χ0) is 21.8. The maximum atomic E-state index is 12.3. The van der Waals surface area contributed by atoms with Crippen LogP contribution in [0.1, 0.15) is 25.0 Å². The third-order valence-electron chi connectivity index (χ3n) is 4.04. The number of ether oxygens (including phenoxy) is 3. The lowest BCUT2D eigenvalue weighted by Gasteiger charge is -2.15. The van der Waals surface area contributed by atoms with Crippen molar-refractivity contribution in [2.45, 2.75) is 13.8 Å². The summed E-state index contributed by atoms with van der Waals surface area (Å²) in [7, 11) is 1.55. The Balaban J connectivity index is 1.92. The van der Waals surface area contributed by atoms with Crippen LogP contribution in [0.25, 0.3) is 6.08 Å². The van der Waals surface area contributed by atoms with Gasteiger partial charge in [-0.3, -0.25) is 10.1 Å². The van der Waals surface area contributed by atoms with Crippen molar-refractivity contribution in [1.82, 2.24) is 0 Å². The van der Waals surface area contributed by atoms with E-state index in [1.807, 2.05) is 6.07 Å². The predicted octanol–water partition coefficient (Wildman–Crippen LogP) is 4.59. The summed E-state index contributed by atoms with van der Waals surface area (Å²) in [5, 5.41) is 11.0. The molecule has 8 nitrogen and oxygen atoms in total. The lowest BCUT2D eigenvalue weighted by atomic mass is 10.1. The highest BCUT2D eigenvalue weighted by atomic mass is 127. The van der Waals surface area contributed by atoms with Gasteiger partial charge in [-0.25, -0.2) is 9.79 Å². The Morgan fingerprint density at radius 3 is 2.73 bits per heavy atom. The number of cyclic esters (lactones) is 1. The predicted molar refractivity (Wildman–Crippen MR) is 120 cm³/mol. The van der Waals surface area contributed by atoms with Crippen molar-refractivity contribution in [2.75, 3.05) is 13.7 Å². The van der Waals surface area contributed by atoms with E-state index in [0.29, 0.717) is 35.2 Å². The molecule has 1 heterocycles. The molecule has 0 saturated carbocycles. The maximum Gasteiger partial charge on any atom is 0.363 e. The van der Waals surface area contributed by atoms with E-state index in [1.165, 1.54) is 18.2 Å². The van der Waals surface area contributed by atoms with E-state index >= 15 is 0 Å². The van der Waals surface area contributed by atoms with E-state index in [2.05, 4.69) is 41.4 Å². The van der Waals surface area contributed by atoms with Crippen LogP contribution < -0.4 is 9.47 Å². The Bertz CT molecular complexity index is 1060. The van der Waals surface area contributed by atoms with Gasteiger partial charge in [0.25, 0.3) is 5.69 Å². The second-order valence-electron chi connectivity index (χ2n) is 6.88. The number of halogens is 1. The Morgan fingerprint density at radius 1 is 1.30 bits per heavy atom. The number of nitro groups is 1. The number of rotatable bonds is 7. The van der Waals surface area contributed by atoms with Gasteiger partial charge in [0.1, 0.15) is 0 Å². The molecule has 0 unspecified atom stereocenters. The van der Waals surface area contributed by atoms with Crippen LogP contribution in [0.4, 0.5) is 5.69 Å². The molecule has 1 aliphatic rings. The Hall–Kier alpha value is -2.95. The van der Waals surface area contributed by atoms with Crippen molar-refractivity contribution in [3.05, 3.63) is 66.9 Å². The van der Waals surface area contributed by atoms with Gasteiger partial charge in [0, 0.05) is 17.7 Å². The summed E-state index contributed by atoms with van der Waals surface area (Å²) in [5.74, 6) is 0.939. The van der Waals surface area contributed by atoms with Crippen LogP contribution in [-0.2, 0) is 9.53 Å². The first-order chi connectivity index (χ1) is 14.3.